The van der Waals surface area contributed by atoms with E-state index in [0.717, 1.165) is 27.7 Å². The van der Waals surface area contributed by atoms with Crippen LogP contribution in [-0.2, 0) is 57.1 Å². The minimum absolute atomic E-state index is 0.103. The molecule has 1 saturated carbocycles. The molecule has 1 aliphatic carbocycles. The van der Waals surface area contributed by atoms with Crippen LogP contribution in [0.1, 0.15) is 44.5 Å². The number of thiocarbonyl (C=S) groups is 1. The Morgan fingerprint density at radius 3 is 1.91 bits per heavy atom. The number of aliphatic hydroxyl groups excluding tert-OH is 2. The van der Waals surface area contributed by atoms with Gasteiger partial charge in [-0.3, -0.25) is 19.2 Å². The number of nitrogens with zero attached hydrogens (tertiary/aromatic N) is 1. The molecule has 47 heavy (non-hydrogen) atoms. The normalized spacial score (nSPS) is 30.2. The van der Waals surface area contributed by atoms with Crippen LogP contribution in [0.15, 0.2) is 30.3 Å². The molecule has 0 spiro atoms. The maximum absolute atomic E-state index is 12.8. The van der Waals surface area contributed by atoms with Gasteiger partial charge in [0.1, 0.15) is 24.9 Å². The Labute approximate surface area is 276 Å². The summed E-state index contributed by atoms with van der Waals surface area (Å²) in [5.74, 6) is -4.05. The molecule has 3 rings (SSSR count). The van der Waals surface area contributed by atoms with Gasteiger partial charge in [-0.15, -0.1) is 0 Å². The number of carbonyl (C=O) groups is 5. The molecule has 0 bridgehead atoms. The molecule has 0 aromatic heterocycles. The van der Waals surface area contributed by atoms with Crippen LogP contribution in [0.25, 0.3) is 0 Å². The predicted molar refractivity (Wildman–Crippen MR) is 160 cm³/mol. The number of hydrogen-bond acceptors (Lipinski definition) is 16. The van der Waals surface area contributed by atoms with Gasteiger partial charge in [-0.1, -0.05) is 18.2 Å². The largest absolute Gasteiger partial charge is 0.463 e. The second-order valence-corrected chi connectivity index (χ2v) is 11.4. The molecule has 0 radical (unpaired) electrons. The van der Waals surface area contributed by atoms with Gasteiger partial charge in [0.15, 0.2) is 36.8 Å². The van der Waals surface area contributed by atoms with E-state index in [1.807, 2.05) is 0 Å². The number of ether oxygens (including phenoxy) is 8. The van der Waals surface area contributed by atoms with E-state index in [-0.39, 0.29) is 17.2 Å². The molecule has 1 heterocycles. The number of carbonyl (C=O) groups excluding carboxylic acids is 5. The van der Waals surface area contributed by atoms with E-state index in [0.29, 0.717) is 0 Å². The zero-order valence-electron chi connectivity index (χ0n) is 26.6. The van der Waals surface area contributed by atoms with E-state index in [9.17, 15) is 34.2 Å². The molecular formula is C30H39NO15S. The van der Waals surface area contributed by atoms with Gasteiger partial charge in [0.25, 0.3) is 5.17 Å². The highest BCUT2D eigenvalue weighted by Gasteiger charge is 2.56. The van der Waals surface area contributed by atoms with Crippen LogP contribution in [-0.4, -0.2) is 132 Å². The lowest BCUT2D eigenvalue weighted by atomic mass is 9.86. The van der Waals surface area contributed by atoms with Crippen molar-refractivity contribution >= 4 is 47.2 Å². The summed E-state index contributed by atoms with van der Waals surface area (Å²) in [7, 11) is 3.16. The van der Waals surface area contributed by atoms with Crippen LogP contribution in [0.5, 0.6) is 0 Å². The molecule has 1 aromatic carbocycles. The molecule has 2 N–H and O–H groups in total. The van der Waals surface area contributed by atoms with Crippen LogP contribution < -0.4 is 0 Å². The third-order valence-electron chi connectivity index (χ3n) is 7.00. The van der Waals surface area contributed by atoms with Crippen LogP contribution in [0, 0.1) is 0 Å². The zero-order chi connectivity index (χ0) is 35.0. The number of esters is 5. The molecule has 1 aliphatic heterocycles. The molecule has 2 fully saturated rings. The van der Waals surface area contributed by atoms with Crippen LogP contribution >= 0.6 is 12.2 Å². The molecule has 2 aliphatic rings. The lowest BCUT2D eigenvalue weighted by Gasteiger charge is -2.47. The minimum atomic E-state index is -1.72. The van der Waals surface area contributed by atoms with Gasteiger partial charge < -0.3 is 53.0 Å². The Hall–Kier alpha value is -3.90. The second kappa shape index (κ2) is 16.8. The highest BCUT2D eigenvalue weighted by atomic mass is 32.1. The summed E-state index contributed by atoms with van der Waals surface area (Å²) in [6.07, 6.45) is -15.3. The third kappa shape index (κ3) is 10.3. The second-order valence-electron chi connectivity index (χ2n) is 11.0. The van der Waals surface area contributed by atoms with Gasteiger partial charge >= 0.3 is 29.8 Å². The van der Waals surface area contributed by atoms with Crippen molar-refractivity contribution < 1.29 is 72.1 Å². The summed E-state index contributed by atoms with van der Waals surface area (Å²) in [5, 5.41) is 22.4. The predicted octanol–water partition coefficient (Wildman–Crippen LogP) is 0.0375. The number of aliphatic hydroxyl groups is 2. The fraction of sp³-hybridized carbons (Fsp3) is 0.600. The first-order valence-electron chi connectivity index (χ1n) is 14.5. The Kier molecular flexibility index (Phi) is 13.4. The van der Waals surface area contributed by atoms with E-state index in [1.54, 1.807) is 32.3 Å². The van der Waals surface area contributed by atoms with Crippen molar-refractivity contribution in [2.75, 3.05) is 20.7 Å². The first-order chi connectivity index (χ1) is 22.1. The van der Waals surface area contributed by atoms with E-state index in [1.165, 1.54) is 17.0 Å². The summed E-state index contributed by atoms with van der Waals surface area (Å²) >= 11 is 5.29. The zero-order valence-corrected chi connectivity index (χ0v) is 27.4. The first kappa shape index (κ1) is 37.6. The van der Waals surface area contributed by atoms with E-state index < -0.39 is 97.7 Å². The highest BCUT2D eigenvalue weighted by Crippen LogP contribution is 2.35. The Bertz CT molecular complexity index is 1290. The molecular weight excluding hydrogens is 646 g/mol. The summed E-state index contributed by atoms with van der Waals surface area (Å²) in [6.45, 7) is 3.84. The fourth-order valence-electron chi connectivity index (χ4n) is 5.03. The van der Waals surface area contributed by atoms with Gasteiger partial charge in [-0.05, 0) is 24.4 Å². The van der Waals surface area contributed by atoms with Crippen LogP contribution in [0.2, 0.25) is 0 Å². The van der Waals surface area contributed by atoms with Crippen LogP contribution in [0.3, 0.4) is 0 Å². The molecule has 1 saturated heterocycles. The maximum Gasteiger partial charge on any atom is 0.338 e. The van der Waals surface area contributed by atoms with E-state index >= 15 is 0 Å². The quantitative estimate of drug-likeness (QED) is 0.190. The summed E-state index contributed by atoms with van der Waals surface area (Å²) in [6, 6.07) is 7.92. The van der Waals surface area contributed by atoms with Crippen molar-refractivity contribution in [1.29, 1.82) is 0 Å². The molecule has 0 amide bonds. The number of benzene rings is 1. The monoisotopic (exact) mass is 685 g/mol. The smallest absolute Gasteiger partial charge is 0.338 e. The Morgan fingerprint density at radius 1 is 0.787 bits per heavy atom. The molecule has 10 atom stereocenters. The average Bonchev–Trinajstić information content (AvgIpc) is 2.98. The number of hydrogen-bond donors (Lipinski definition) is 2. The summed E-state index contributed by atoms with van der Waals surface area (Å²) in [5.41, 5.74) is 0.170. The molecule has 1 aromatic rings. The molecule has 17 heteroatoms. The first-order valence-corrected chi connectivity index (χ1v) is 15.0. The van der Waals surface area contributed by atoms with Crippen LogP contribution in [0.4, 0.5) is 0 Å². The molecule has 16 nitrogen and oxygen atoms in total. The standard InChI is InChI=1S/C30H39NO15S/c1-14(32)39-13-21-25(40-15(2)33)26(41-16(3)34)27(42-17(4)35)29(44-21)43-20-12-19(36)23(22(37)24(20)46-30(47)31(5)6)45-28(38)18-10-8-7-9-11-18/h7-11,19-27,29,36-37H,12-13H2,1-6H3/t19-,20+,21+,22+,23-,24+,25+,26-,27+,29+/m0/s1. The minimum Gasteiger partial charge on any atom is -0.463 e. The van der Waals surface area contributed by atoms with Crippen molar-refractivity contribution in [2.45, 2.75) is 95.3 Å². The van der Waals surface area contributed by atoms with E-state index in [2.05, 4.69) is 0 Å². The highest BCUT2D eigenvalue weighted by molar-refractivity contribution is 7.80. The van der Waals surface area contributed by atoms with Crippen molar-refractivity contribution in [1.82, 2.24) is 4.90 Å². The third-order valence-corrected chi connectivity index (χ3v) is 7.47. The van der Waals surface area contributed by atoms with Gasteiger partial charge in [0.05, 0.1) is 11.7 Å². The van der Waals surface area contributed by atoms with Gasteiger partial charge in [-0.25, -0.2) is 4.79 Å². The lowest BCUT2D eigenvalue weighted by molar-refractivity contribution is -0.330. The molecule has 0 unspecified atom stereocenters. The van der Waals surface area contributed by atoms with Crippen molar-refractivity contribution in [3.63, 3.8) is 0 Å². The van der Waals surface area contributed by atoms with Crippen molar-refractivity contribution in [2.24, 2.45) is 0 Å². The lowest BCUT2D eigenvalue weighted by Crippen LogP contribution is -2.65. The average molecular weight is 686 g/mol. The SMILES string of the molecule is CC(=O)OC[C@H]1O[C@@H](O[C@@H]2C[C@H](O)[C@H](OC(=O)c3ccccc3)[C@@H](O)[C@@H]2OC(=S)N(C)C)[C@H](OC(C)=O)[C@@H](OC(C)=O)[C@@H]1OC(C)=O. The van der Waals surface area contributed by atoms with Crippen molar-refractivity contribution in [3.8, 4) is 0 Å². The summed E-state index contributed by atoms with van der Waals surface area (Å²) in [4.78, 5) is 62.4. The Balaban J connectivity index is 2.00. The fourth-order valence-corrected chi connectivity index (χ4v) is 5.14. The van der Waals surface area contributed by atoms with Gasteiger partial charge in [0.2, 0.25) is 0 Å². The maximum atomic E-state index is 12.8. The van der Waals surface area contributed by atoms with Gasteiger partial charge in [-0.2, -0.15) is 0 Å². The Morgan fingerprint density at radius 2 is 1.36 bits per heavy atom. The topological polar surface area (TPSA) is 203 Å². The van der Waals surface area contributed by atoms with E-state index in [4.69, 9.17) is 50.1 Å². The van der Waals surface area contributed by atoms with Crippen molar-refractivity contribution in [3.05, 3.63) is 35.9 Å². The van der Waals surface area contributed by atoms with Gasteiger partial charge in [0, 0.05) is 48.2 Å². The number of rotatable bonds is 10. The molecule has 260 valence electrons. The summed E-state index contributed by atoms with van der Waals surface area (Å²) < 4.78 is 44.9.